The standard InChI is InChI=1S/C16H25NOS/c1-13(2)19-11-10-16(12-18,17-15-8-9-15)14-6-4-3-5-7-14/h3-7,13,15,17-18H,8-12H2,1-2H3. The molecular weight excluding hydrogens is 254 g/mol. The molecule has 0 spiro atoms. The molecule has 1 atom stereocenters. The van der Waals surface area contributed by atoms with Gasteiger partial charge in [-0.1, -0.05) is 44.2 Å². The van der Waals surface area contributed by atoms with Crippen LogP contribution >= 0.6 is 11.8 Å². The Balaban J connectivity index is 2.10. The van der Waals surface area contributed by atoms with Gasteiger partial charge in [-0.05, 0) is 35.8 Å². The average Bonchev–Trinajstić information content (AvgIpc) is 3.22. The van der Waals surface area contributed by atoms with E-state index in [4.69, 9.17) is 0 Å². The van der Waals surface area contributed by atoms with Gasteiger partial charge in [-0.3, -0.25) is 0 Å². The molecule has 1 aliphatic carbocycles. The van der Waals surface area contributed by atoms with Gasteiger partial charge in [-0.15, -0.1) is 0 Å². The molecule has 3 heteroatoms. The predicted molar refractivity (Wildman–Crippen MR) is 83.6 cm³/mol. The van der Waals surface area contributed by atoms with Crippen LogP contribution in [0.15, 0.2) is 30.3 Å². The molecule has 0 aromatic heterocycles. The summed E-state index contributed by atoms with van der Waals surface area (Å²) >= 11 is 1.96. The second-order valence-electron chi connectivity index (χ2n) is 5.69. The summed E-state index contributed by atoms with van der Waals surface area (Å²) in [4.78, 5) is 0. The number of nitrogens with one attached hydrogen (secondary N) is 1. The molecule has 19 heavy (non-hydrogen) atoms. The largest absolute Gasteiger partial charge is 0.394 e. The Morgan fingerprint density at radius 3 is 2.53 bits per heavy atom. The highest BCUT2D eigenvalue weighted by atomic mass is 32.2. The number of rotatable bonds is 8. The maximum absolute atomic E-state index is 10.0. The van der Waals surface area contributed by atoms with E-state index >= 15 is 0 Å². The molecule has 0 aliphatic heterocycles. The van der Waals surface area contributed by atoms with Gasteiger partial charge in [0.15, 0.2) is 0 Å². The van der Waals surface area contributed by atoms with Crippen LogP contribution in [0.25, 0.3) is 0 Å². The van der Waals surface area contributed by atoms with Crippen molar-refractivity contribution >= 4 is 11.8 Å². The Bertz CT molecular complexity index is 378. The van der Waals surface area contributed by atoms with Gasteiger partial charge < -0.3 is 10.4 Å². The number of benzene rings is 1. The molecule has 0 saturated heterocycles. The Hall–Kier alpha value is -0.510. The van der Waals surface area contributed by atoms with Gasteiger partial charge in [-0.25, -0.2) is 0 Å². The van der Waals surface area contributed by atoms with Crippen LogP contribution in [0.2, 0.25) is 0 Å². The molecule has 0 radical (unpaired) electrons. The normalized spacial score (nSPS) is 18.5. The van der Waals surface area contributed by atoms with Crippen LogP contribution < -0.4 is 5.32 Å². The van der Waals surface area contributed by atoms with E-state index in [1.165, 1.54) is 18.4 Å². The minimum absolute atomic E-state index is 0.173. The fourth-order valence-electron chi connectivity index (χ4n) is 2.36. The average molecular weight is 279 g/mol. The first-order valence-corrected chi connectivity index (χ1v) is 8.27. The maximum atomic E-state index is 10.0. The molecular formula is C16H25NOS. The highest BCUT2D eigenvalue weighted by molar-refractivity contribution is 7.99. The van der Waals surface area contributed by atoms with E-state index in [2.05, 4.69) is 43.4 Å². The monoisotopic (exact) mass is 279 g/mol. The molecule has 0 bridgehead atoms. The summed E-state index contributed by atoms with van der Waals surface area (Å²) in [6, 6.07) is 11.0. The number of aliphatic hydroxyl groups is 1. The first-order valence-electron chi connectivity index (χ1n) is 7.22. The topological polar surface area (TPSA) is 32.3 Å². The van der Waals surface area contributed by atoms with Crippen LogP contribution in [-0.2, 0) is 5.54 Å². The molecule has 1 aromatic rings. The van der Waals surface area contributed by atoms with Crippen LogP contribution in [0.5, 0.6) is 0 Å². The summed E-state index contributed by atoms with van der Waals surface area (Å²) in [6.07, 6.45) is 3.46. The number of hydrogen-bond acceptors (Lipinski definition) is 3. The smallest absolute Gasteiger partial charge is 0.0679 e. The maximum Gasteiger partial charge on any atom is 0.0679 e. The van der Waals surface area contributed by atoms with Crippen molar-refractivity contribution in [3.63, 3.8) is 0 Å². The summed E-state index contributed by atoms with van der Waals surface area (Å²) < 4.78 is 0. The van der Waals surface area contributed by atoms with Crippen molar-refractivity contribution in [3.05, 3.63) is 35.9 Å². The molecule has 1 fully saturated rings. The van der Waals surface area contributed by atoms with Gasteiger partial charge in [0.1, 0.15) is 0 Å². The summed E-state index contributed by atoms with van der Waals surface area (Å²) in [7, 11) is 0. The first kappa shape index (κ1) is 14.9. The SMILES string of the molecule is CC(C)SCCC(CO)(NC1CC1)c1ccccc1. The quantitative estimate of drug-likeness (QED) is 0.766. The van der Waals surface area contributed by atoms with E-state index in [9.17, 15) is 5.11 Å². The van der Waals surface area contributed by atoms with Gasteiger partial charge in [-0.2, -0.15) is 11.8 Å². The fraction of sp³-hybridized carbons (Fsp3) is 0.625. The third-order valence-corrected chi connectivity index (χ3v) is 4.74. The van der Waals surface area contributed by atoms with Crippen LogP contribution in [-0.4, -0.2) is 28.8 Å². The first-order chi connectivity index (χ1) is 9.16. The lowest BCUT2D eigenvalue weighted by Crippen LogP contribution is -2.47. The molecule has 106 valence electrons. The molecule has 2 nitrogen and oxygen atoms in total. The van der Waals surface area contributed by atoms with Crippen LogP contribution in [0.3, 0.4) is 0 Å². The summed E-state index contributed by atoms with van der Waals surface area (Å²) in [5, 5.41) is 14.3. The second kappa shape index (κ2) is 6.78. The summed E-state index contributed by atoms with van der Waals surface area (Å²) in [6.45, 7) is 4.62. The molecule has 1 aliphatic rings. The van der Waals surface area contributed by atoms with Gasteiger partial charge in [0.05, 0.1) is 12.1 Å². The minimum atomic E-state index is -0.260. The van der Waals surface area contributed by atoms with E-state index in [0.29, 0.717) is 11.3 Å². The fourth-order valence-corrected chi connectivity index (χ4v) is 3.30. The number of hydrogen-bond donors (Lipinski definition) is 2. The third kappa shape index (κ3) is 4.23. The van der Waals surface area contributed by atoms with E-state index in [-0.39, 0.29) is 12.1 Å². The van der Waals surface area contributed by atoms with Gasteiger partial charge in [0.2, 0.25) is 0 Å². The second-order valence-corrected chi connectivity index (χ2v) is 7.38. The van der Waals surface area contributed by atoms with Crippen molar-refractivity contribution in [1.29, 1.82) is 0 Å². The van der Waals surface area contributed by atoms with Crippen molar-refractivity contribution < 1.29 is 5.11 Å². The van der Waals surface area contributed by atoms with Crippen LogP contribution in [0, 0.1) is 0 Å². The highest BCUT2D eigenvalue weighted by Crippen LogP contribution is 2.32. The van der Waals surface area contributed by atoms with E-state index in [0.717, 1.165) is 12.2 Å². The molecule has 2 rings (SSSR count). The van der Waals surface area contributed by atoms with Crippen molar-refractivity contribution in [1.82, 2.24) is 5.32 Å². The van der Waals surface area contributed by atoms with Gasteiger partial charge >= 0.3 is 0 Å². The van der Waals surface area contributed by atoms with Crippen LogP contribution in [0.1, 0.15) is 38.7 Å². The number of aliphatic hydroxyl groups excluding tert-OH is 1. The lowest BCUT2D eigenvalue weighted by molar-refractivity contribution is 0.154. The summed E-state index contributed by atoms with van der Waals surface area (Å²) in [5.41, 5.74) is 0.957. The van der Waals surface area contributed by atoms with Crippen molar-refractivity contribution in [2.75, 3.05) is 12.4 Å². The summed E-state index contributed by atoms with van der Waals surface area (Å²) in [5.74, 6) is 1.08. The highest BCUT2D eigenvalue weighted by Gasteiger charge is 2.36. The molecule has 0 amide bonds. The van der Waals surface area contributed by atoms with Gasteiger partial charge in [0.25, 0.3) is 0 Å². The van der Waals surface area contributed by atoms with E-state index < -0.39 is 0 Å². The Morgan fingerprint density at radius 2 is 2.00 bits per heavy atom. The van der Waals surface area contributed by atoms with Crippen LogP contribution in [0.4, 0.5) is 0 Å². The zero-order valence-electron chi connectivity index (χ0n) is 11.9. The zero-order valence-corrected chi connectivity index (χ0v) is 12.7. The van der Waals surface area contributed by atoms with Crippen molar-refractivity contribution in [3.8, 4) is 0 Å². The third-order valence-electron chi connectivity index (χ3n) is 3.63. The number of thioether (sulfide) groups is 1. The lowest BCUT2D eigenvalue weighted by Gasteiger charge is -2.34. The van der Waals surface area contributed by atoms with E-state index in [1.54, 1.807) is 0 Å². The Kier molecular flexibility index (Phi) is 5.31. The van der Waals surface area contributed by atoms with Crippen molar-refractivity contribution in [2.45, 2.75) is 49.9 Å². The van der Waals surface area contributed by atoms with Crippen molar-refractivity contribution in [2.24, 2.45) is 0 Å². The predicted octanol–water partition coefficient (Wildman–Crippen LogP) is 3.16. The minimum Gasteiger partial charge on any atom is -0.394 e. The van der Waals surface area contributed by atoms with Gasteiger partial charge in [0, 0.05) is 6.04 Å². The Morgan fingerprint density at radius 1 is 1.32 bits per heavy atom. The molecule has 2 N–H and O–H groups in total. The Labute approximate surface area is 121 Å². The molecule has 0 heterocycles. The molecule has 1 unspecified atom stereocenters. The zero-order chi connectivity index (χ0) is 13.7. The molecule has 1 saturated carbocycles. The lowest BCUT2D eigenvalue weighted by atomic mass is 9.87. The molecule has 1 aromatic carbocycles. The van der Waals surface area contributed by atoms with E-state index in [1.807, 2.05) is 17.8 Å².